The Balaban J connectivity index is 1.93. The summed E-state index contributed by atoms with van der Waals surface area (Å²) in [5.41, 5.74) is 0.455. The maximum absolute atomic E-state index is 12.9. The first kappa shape index (κ1) is 19.9. The van der Waals surface area contributed by atoms with E-state index in [1.54, 1.807) is 24.3 Å². The fourth-order valence-electron chi connectivity index (χ4n) is 2.97. The number of hydrogen-bond donors (Lipinski definition) is 3. The lowest BCUT2D eigenvalue weighted by Gasteiger charge is -2.28. The van der Waals surface area contributed by atoms with Gasteiger partial charge >= 0.3 is 12.2 Å². The standard InChI is InChI=1S/C20H15F3N4O2/c1-11-16(18(28)26-15-4-2-3-14(9-15)20(21,22)23)17(27-19(29)25-11)13-7-5-12(10-24)6-8-13/h2-9,17H,1H3,(H,26,28)(H2,25,27,29)/t17-/m0/s1. The molecule has 0 bridgehead atoms. The van der Waals surface area contributed by atoms with Gasteiger partial charge in [0.15, 0.2) is 0 Å². The minimum absolute atomic E-state index is 0.0272. The van der Waals surface area contributed by atoms with Crippen LogP contribution in [0.1, 0.15) is 29.7 Å². The van der Waals surface area contributed by atoms with E-state index in [0.717, 1.165) is 12.1 Å². The summed E-state index contributed by atoms with van der Waals surface area (Å²) in [6.07, 6.45) is -4.54. The number of hydrogen-bond acceptors (Lipinski definition) is 3. The minimum atomic E-state index is -4.54. The van der Waals surface area contributed by atoms with Crippen LogP contribution in [0, 0.1) is 11.3 Å². The number of rotatable bonds is 3. The van der Waals surface area contributed by atoms with Crippen LogP contribution in [-0.4, -0.2) is 11.9 Å². The molecule has 1 heterocycles. The second-order valence-corrected chi connectivity index (χ2v) is 6.34. The second-order valence-electron chi connectivity index (χ2n) is 6.34. The molecule has 0 aromatic heterocycles. The highest BCUT2D eigenvalue weighted by Gasteiger charge is 2.33. The van der Waals surface area contributed by atoms with Crippen LogP contribution < -0.4 is 16.0 Å². The summed E-state index contributed by atoms with van der Waals surface area (Å²) < 4.78 is 38.7. The molecular weight excluding hydrogens is 385 g/mol. The Labute approximate surface area is 164 Å². The molecule has 3 rings (SSSR count). The molecule has 2 aromatic rings. The Kier molecular flexibility index (Phi) is 5.28. The number of allylic oxidation sites excluding steroid dienone is 1. The van der Waals surface area contributed by atoms with Gasteiger partial charge in [0.05, 0.1) is 28.8 Å². The Morgan fingerprint density at radius 1 is 1.17 bits per heavy atom. The highest BCUT2D eigenvalue weighted by atomic mass is 19.4. The third kappa shape index (κ3) is 4.38. The first-order valence-electron chi connectivity index (χ1n) is 8.46. The zero-order chi connectivity index (χ0) is 21.2. The van der Waals surface area contributed by atoms with Crippen LogP contribution in [0.4, 0.5) is 23.7 Å². The number of urea groups is 1. The number of carbonyl (C=O) groups excluding carboxylic acids is 2. The maximum Gasteiger partial charge on any atom is 0.416 e. The van der Waals surface area contributed by atoms with Gasteiger partial charge in [0, 0.05) is 11.4 Å². The molecule has 1 aliphatic heterocycles. The van der Waals surface area contributed by atoms with Gasteiger partial charge in [-0.1, -0.05) is 18.2 Å². The summed E-state index contributed by atoms with van der Waals surface area (Å²) in [6, 6.07) is 11.2. The van der Waals surface area contributed by atoms with Crippen LogP contribution in [0.3, 0.4) is 0 Å². The second kappa shape index (κ2) is 7.67. The lowest BCUT2D eigenvalue weighted by atomic mass is 9.94. The third-order valence-electron chi connectivity index (χ3n) is 4.33. The molecule has 0 unspecified atom stereocenters. The van der Waals surface area contributed by atoms with E-state index in [1.807, 2.05) is 6.07 Å². The molecule has 29 heavy (non-hydrogen) atoms. The monoisotopic (exact) mass is 400 g/mol. The van der Waals surface area contributed by atoms with E-state index in [1.165, 1.54) is 19.1 Å². The highest BCUT2D eigenvalue weighted by molar-refractivity contribution is 6.06. The molecule has 6 nitrogen and oxygen atoms in total. The molecule has 2 aromatic carbocycles. The average Bonchev–Trinajstić information content (AvgIpc) is 2.67. The van der Waals surface area contributed by atoms with Gasteiger partial charge in [0.25, 0.3) is 5.91 Å². The van der Waals surface area contributed by atoms with Crippen LogP contribution in [-0.2, 0) is 11.0 Å². The van der Waals surface area contributed by atoms with Gasteiger partial charge in [-0.3, -0.25) is 4.79 Å². The molecule has 3 N–H and O–H groups in total. The Bertz CT molecular complexity index is 1040. The summed E-state index contributed by atoms with van der Waals surface area (Å²) in [5, 5.41) is 16.5. The molecule has 0 saturated heterocycles. The molecule has 0 radical (unpaired) electrons. The van der Waals surface area contributed by atoms with E-state index in [2.05, 4.69) is 16.0 Å². The normalized spacial score (nSPS) is 16.5. The Morgan fingerprint density at radius 2 is 1.86 bits per heavy atom. The van der Waals surface area contributed by atoms with Crippen molar-refractivity contribution in [1.82, 2.24) is 10.6 Å². The van der Waals surface area contributed by atoms with Gasteiger partial charge in [-0.15, -0.1) is 0 Å². The van der Waals surface area contributed by atoms with Crippen LogP contribution in [0.2, 0.25) is 0 Å². The largest absolute Gasteiger partial charge is 0.416 e. The molecule has 0 saturated carbocycles. The number of amides is 3. The lowest BCUT2D eigenvalue weighted by molar-refractivity contribution is -0.137. The SMILES string of the molecule is CC1=C(C(=O)Nc2cccc(C(F)(F)F)c2)[C@H](c2ccc(C#N)cc2)NC(=O)N1. The topological polar surface area (TPSA) is 94.0 Å². The van der Waals surface area contributed by atoms with Gasteiger partial charge < -0.3 is 16.0 Å². The number of halogens is 3. The van der Waals surface area contributed by atoms with E-state index in [9.17, 15) is 22.8 Å². The molecule has 3 amide bonds. The van der Waals surface area contributed by atoms with Gasteiger partial charge in [-0.05, 0) is 42.8 Å². The summed E-state index contributed by atoms with van der Waals surface area (Å²) in [5.74, 6) is -0.663. The number of anilines is 1. The van der Waals surface area contributed by atoms with Crippen molar-refractivity contribution in [2.45, 2.75) is 19.1 Å². The Hall–Kier alpha value is -3.80. The molecule has 9 heteroatoms. The Morgan fingerprint density at radius 3 is 2.48 bits per heavy atom. The molecule has 0 aliphatic carbocycles. The maximum atomic E-state index is 12.9. The van der Waals surface area contributed by atoms with E-state index in [4.69, 9.17) is 5.26 Å². The van der Waals surface area contributed by atoms with Crippen molar-refractivity contribution >= 4 is 17.6 Å². The fourth-order valence-corrected chi connectivity index (χ4v) is 2.97. The fraction of sp³-hybridized carbons (Fsp3) is 0.150. The first-order chi connectivity index (χ1) is 13.7. The zero-order valence-corrected chi connectivity index (χ0v) is 15.1. The van der Waals surface area contributed by atoms with Gasteiger partial charge in [-0.25, -0.2) is 4.79 Å². The molecule has 1 aliphatic rings. The van der Waals surface area contributed by atoms with E-state index < -0.39 is 29.7 Å². The summed E-state index contributed by atoms with van der Waals surface area (Å²) >= 11 is 0. The summed E-state index contributed by atoms with van der Waals surface area (Å²) in [4.78, 5) is 24.8. The average molecular weight is 400 g/mol. The molecule has 148 valence electrons. The highest BCUT2D eigenvalue weighted by Crippen LogP contribution is 2.32. The summed E-state index contributed by atoms with van der Waals surface area (Å²) in [7, 11) is 0. The summed E-state index contributed by atoms with van der Waals surface area (Å²) in [6.45, 7) is 1.52. The number of benzene rings is 2. The van der Waals surface area contributed by atoms with E-state index in [0.29, 0.717) is 11.1 Å². The van der Waals surface area contributed by atoms with E-state index in [-0.39, 0.29) is 17.0 Å². The van der Waals surface area contributed by atoms with E-state index >= 15 is 0 Å². The lowest BCUT2D eigenvalue weighted by Crippen LogP contribution is -2.45. The van der Waals surface area contributed by atoms with Crippen LogP contribution in [0.25, 0.3) is 0 Å². The first-order valence-corrected chi connectivity index (χ1v) is 8.46. The van der Waals surface area contributed by atoms with Crippen molar-refractivity contribution in [2.24, 2.45) is 0 Å². The minimum Gasteiger partial charge on any atom is -0.327 e. The van der Waals surface area contributed by atoms with Crippen molar-refractivity contribution in [3.8, 4) is 6.07 Å². The van der Waals surface area contributed by atoms with Crippen LogP contribution in [0.5, 0.6) is 0 Å². The van der Waals surface area contributed by atoms with Gasteiger partial charge in [0.1, 0.15) is 0 Å². The van der Waals surface area contributed by atoms with Crippen LogP contribution >= 0.6 is 0 Å². The van der Waals surface area contributed by atoms with Crippen molar-refractivity contribution in [1.29, 1.82) is 5.26 Å². The molecule has 0 fully saturated rings. The third-order valence-corrected chi connectivity index (χ3v) is 4.33. The van der Waals surface area contributed by atoms with Crippen molar-refractivity contribution in [3.63, 3.8) is 0 Å². The molecular formula is C20H15F3N4O2. The predicted molar refractivity (Wildman–Crippen MR) is 98.3 cm³/mol. The van der Waals surface area contributed by atoms with Crippen molar-refractivity contribution in [3.05, 3.63) is 76.5 Å². The molecule has 1 atom stereocenters. The number of nitriles is 1. The smallest absolute Gasteiger partial charge is 0.327 e. The number of nitrogens with zero attached hydrogens (tertiary/aromatic N) is 1. The number of alkyl halides is 3. The number of nitrogens with one attached hydrogen (secondary N) is 3. The zero-order valence-electron chi connectivity index (χ0n) is 15.1. The van der Waals surface area contributed by atoms with Crippen molar-refractivity contribution in [2.75, 3.05) is 5.32 Å². The van der Waals surface area contributed by atoms with Crippen molar-refractivity contribution < 1.29 is 22.8 Å². The van der Waals surface area contributed by atoms with Gasteiger partial charge in [0.2, 0.25) is 0 Å². The van der Waals surface area contributed by atoms with Crippen LogP contribution in [0.15, 0.2) is 59.8 Å². The molecule has 0 spiro atoms. The predicted octanol–water partition coefficient (Wildman–Crippen LogP) is 3.84. The van der Waals surface area contributed by atoms with Gasteiger partial charge in [-0.2, -0.15) is 18.4 Å². The quantitative estimate of drug-likeness (QED) is 0.731. The number of carbonyl (C=O) groups is 2.